The highest BCUT2D eigenvalue weighted by Crippen LogP contribution is 2.26. The van der Waals surface area contributed by atoms with Crippen LogP contribution in [0.25, 0.3) is 0 Å². The van der Waals surface area contributed by atoms with Crippen LogP contribution in [0, 0.1) is 0 Å². The van der Waals surface area contributed by atoms with Crippen molar-refractivity contribution in [3.8, 4) is 5.75 Å². The third-order valence-electron chi connectivity index (χ3n) is 2.96. The fourth-order valence-corrected chi connectivity index (χ4v) is 2.06. The molecule has 0 saturated carbocycles. The number of hydrogen-bond donors (Lipinski definition) is 0. The molecule has 0 unspecified atom stereocenters. The molecule has 0 spiro atoms. The van der Waals surface area contributed by atoms with E-state index in [-0.39, 0.29) is 5.41 Å². The van der Waals surface area contributed by atoms with Gasteiger partial charge in [-0.15, -0.1) is 0 Å². The molecule has 2 aromatic rings. The molecule has 0 heterocycles. The van der Waals surface area contributed by atoms with Crippen molar-refractivity contribution in [2.45, 2.75) is 32.8 Å². The summed E-state index contributed by atoms with van der Waals surface area (Å²) in [6, 6.07) is 18.4. The summed E-state index contributed by atoms with van der Waals surface area (Å²) in [4.78, 5) is 0. The van der Waals surface area contributed by atoms with Crippen molar-refractivity contribution in [2.75, 3.05) is 0 Å². The average Bonchev–Trinajstić information content (AvgIpc) is 2.37. The standard InChI is InChI=1S/C17H20O/c1-17(2,3)16-12-8-7-9-14(16)13-18-15-10-5-4-6-11-15/h4-12H,13H2,1-3H3. The van der Waals surface area contributed by atoms with Gasteiger partial charge >= 0.3 is 0 Å². The molecule has 0 bridgehead atoms. The van der Waals surface area contributed by atoms with Crippen LogP contribution in [-0.2, 0) is 12.0 Å². The Morgan fingerprint density at radius 3 is 2.11 bits per heavy atom. The van der Waals surface area contributed by atoms with Gasteiger partial charge in [0.2, 0.25) is 0 Å². The molecule has 2 aromatic carbocycles. The van der Waals surface area contributed by atoms with Crippen molar-refractivity contribution in [3.63, 3.8) is 0 Å². The lowest BCUT2D eigenvalue weighted by atomic mass is 9.84. The van der Waals surface area contributed by atoms with E-state index in [1.165, 1.54) is 11.1 Å². The molecule has 0 radical (unpaired) electrons. The molecule has 1 nitrogen and oxygen atoms in total. The van der Waals surface area contributed by atoms with Gasteiger partial charge in [0.1, 0.15) is 12.4 Å². The number of rotatable bonds is 3. The van der Waals surface area contributed by atoms with Crippen molar-refractivity contribution in [2.24, 2.45) is 0 Å². The van der Waals surface area contributed by atoms with Crippen LogP contribution < -0.4 is 4.74 Å². The molecule has 0 aliphatic heterocycles. The third-order valence-corrected chi connectivity index (χ3v) is 2.96. The topological polar surface area (TPSA) is 9.23 Å². The number of benzene rings is 2. The van der Waals surface area contributed by atoms with Gasteiger partial charge in [0.15, 0.2) is 0 Å². The summed E-state index contributed by atoms with van der Waals surface area (Å²) in [5.41, 5.74) is 2.76. The van der Waals surface area contributed by atoms with Gasteiger partial charge in [-0.25, -0.2) is 0 Å². The van der Waals surface area contributed by atoms with Crippen molar-refractivity contribution >= 4 is 0 Å². The molecule has 0 amide bonds. The molecule has 18 heavy (non-hydrogen) atoms. The maximum Gasteiger partial charge on any atom is 0.119 e. The summed E-state index contributed by atoms with van der Waals surface area (Å²) in [6.45, 7) is 7.31. The normalized spacial score (nSPS) is 11.3. The highest BCUT2D eigenvalue weighted by molar-refractivity contribution is 5.33. The maximum atomic E-state index is 5.83. The zero-order valence-corrected chi connectivity index (χ0v) is 11.3. The maximum absolute atomic E-state index is 5.83. The first-order valence-corrected chi connectivity index (χ1v) is 6.33. The number of hydrogen-bond acceptors (Lipinski definition) is 1. The second-order valence-electron chi connectivity index (χ2n) is 5.51. The van der Waals surface area contributed by atoms with Gasteiger partial charge in [-0.05, 0) is 28.7 Å². The molecule has 0 aliphatic rings. The lowest BCUT2D eigenvalue weighted by Crippen LogP contribution is -2.15. The molecular weight excluding hydrogens is 220 g/mol. The van der Waals surface area contributed by atoms with Crippen molar-refractivity contribution in [1.82, 2.24) is 0 Å². The molecule has 1 heteroatoms. The highest BCUT2D eigenvalue weighted by Gasteiger charge is 2.17. The van der Waals surface area contributed by atoms with Crippen molar-refractivity contribution < 1.29 is 4.74 Å². The van der Waals surface area contributed by atoms with E-state index in [9.17, 15) is 0 Å². The zero-order valence-electron chi connectivity index (χ0n) is 11.3. The molecule has 0 fully saturated rings. The molecule has 0 saturated heterocycles. The predicted octanol–water partition coefficient (Wildman–Crippen LogP) is 4.56. The Bertz CT molecular complexity index is 495. The van der Waals surface area contributed by atoms with E-state index in [1.807, 2.05) is 30.3 Å². The van der Waals surface area contributed by atoms with Gasteiger partial charge in [0.25, 0.3) is 0 Å². The average molecular weight is 240 g/mol. The van der Waals surface area contributed by atoms with E-state index < -0.39 is 0 Å². The third kappa shape index (κ3) is 3.13. The summed E-state index contributed by atoms with van der Waals surface area (Å²) in [6.07, 6.45) is 0. The molecule has 0 aliphatic carbocycles. The van der Waals surface area contributed by atoms with Gasteiger partial charge in [-0.1, -0.05) is 63.2 Å². The minimum atomic E-state index is 0.149. The fourth-order valence-electron chi connectivity index (χ4n) is 2.06. The smallest absolute Gasteiger partial charge is 0.119 e. The Balaban J connectivity index is 2.15. The summed E-state index contributed by atoms with van der Waals surface area (Å²) in [7, 11) is 0. The van der Waals surface area contributed by atoms with E-state index in [1.54, 1.807) is 0 Å². The lowest BCUT2D eigenvalue weighted by Gasteiger charge is -2.22. The SMILES string of the molecule is CC(C)(C)c1ccccc1COc1ccccc1. The first-order valence-electron chi connectivity index (χ1n) is 6.33. The van der Waals surface area contributed by atoms with Gasteiger partial charge < -0.3 is 4.74 Å². The fraction of sp³-hybridized carbons (Fsp3) is 0.294. The van der Waals surface area contributed by atoms with Gasteiger partial charge in [-0.3, -0.25) is 0 Å². The molecule has 0 N–H and O–H groups in total. The van der Waals surface area contributed by atoms with E-state index in [0.717, 1.165) is 5.75 Å². The minimum absolute atomic E-state index is 0.149. The second-order valence-corrected chi connectivity index (χ2v) is 5.51. The van der Waals surface area contributed by atoms with E-state index in [0.29, 0.717) is 6.61 Å². The first kappa shape index (κ1) is 12.7. The molecule has 0 aromatic heterocycles. The van der Waals surface area contributed by atoms with Crippen molar-refractivity contribution in [1.29, 1.82) is 0 Å². The van der Waals surface area contributed by atoms with Crippen LogP contribution in [0.5, 0.6) is 5.75 Å². The van der Waals surface area contributed by atoms with Crippen LogP contribution in [-0.4, -0.2) is 0 Å². The number of para-hydroxylation sites is 1. The summed E-state index contributed by atoms with van der Waals surface area (Å²) >= 11 is 0. The van der Waals surface area contributed by atoms with E-state index >= 15 is 0 Å². The Morgan fingerprint density at radius 2 is 1.44 bits per heavy atom. The van der Waals surface area contributed by atoms with E-state index in [2.05, 4.69) is 45.0 Å². The predicted molar refractivity (Wildman–Crippen MR) is 75.9 cm³/mol. The number of ether oxygens (including phenoxy) is 1. The second kappa shape index (κ2) is 5.26. The van der Waals surface area contributed by atoms with E-state index in [4.69, 9.17) is 4.74 Å². The first-order chi connectivity index (χ1) is 8.57. The van der Waals surface area contributed by atoms with Crippen LogP contribution in [0.1, 0.15) is 31.9 Å². The van der Waals surface area contributed by atoms with Crippen LogP contribution in [0.4, 0.5) is 0 Å². The lowest BCUT2D eigenvalue weighted by molar-refractivity contribution is 0.303. The summed E-state index contributed by atoms with van der Waals surface area (Å²) in [5.74, 6) is 0.918. The van der Waals surface area contributed by atoms with Gasteiger partial charge in [0.05, 0.1) is 0 Å². The Morgan fingerprint density at radius 1 is 0.833 bits per heavy atom. The molecule has 94 valence electrons. The zero-order chi connectivity index (χ0) is 13.0. The molecular formula is C17H20O. The quantitative estimate of drug-likeness (QED) is 0.764. The van der Waals surface area contributed by atoms with Crippen LogP contribution in [0.2, 0.25) is 0 Å². The van der Waals surface area contributed by atoms with Crippen molar-refractivity contribution in [3.05, 3.63) is 65.7 Å². The molecule has 2 rings (SSSR count). The Kier molecular flexibility index (Phi) is 3.71. The minimum Gasteiger partial charge on any atom is -0.489 e. The summed E-state index contributed by atoms with van der Waals surface area (Å²) in [5, 5.41) is 0. The monoisotopic (exact) mass is 240 g/mol. The van der Waals surface area contributed by atoms with Gasteiger partial charge in [0, 0.05) is 0 Å². The van der Waals surface area contributed by atoms with Crippen LogP contribution >= 0.6 is 0 Å². The largest absolute Gasteiger partial charge is 0.489 e. The summed E-state index contributed by atoms with van der Waals surface area (Å²) < 4.78 is 5.83. The Hall–Kier alpha value is -1.76. The highest BCUT2D eigenvalue weighted by atomic mass is 16.5. The van der Waals surface area contributed by atoms with Crippen LogP contribution in [0.3, 0.4) is 0 Å². The van der Waals surface area contributed by atoms with Gasteiger partial charge in [-0.2, -0.15) is 0 Å². The Labute approximate surface area is 109 Å². The molecule has 0 atom stereocenters. The van der Waals surface area contributed by atoms with Crippen LogP contribution in [0.15, 0.2) is 54.6 Å².